The molecule has 0 aromatic carbocycles. The summed E-state index contributed by atoms with van der Waals surface area (Å²) < 4.78 is 1.91. The number of aliphatic hydroxyl groups is 1. The van der Waals surface area contributed by atoms with Gasteiger partial charge in [0.1, 0.15) is 0 Å². The molecular weight excluding hydrogens is 166 g/mol. The molecule has 1 unspecified atom stereocenters. The molecule has 1 aliphatic carbocycles. The van der Waals surface area contributed by atoms with Gasteiger partial charge in [-0.3, -0.25) is 0 Å². The molecule has 4 heteroatoms. The van der Waals surface area contributed by atoms with Crippen molar-refractivity contribution in [2.45, 2.75) is 45.3 Å². The lowest BCUT2D eigenvalue weighted by Gasteiger charge is -2.18. The van der Waals surface area contributed by atoms with Crippen LogP contribution in [0.1, 0.15) is 37.7 Å². The van der Waals surface area contributed by atoms with Crippen molar-refractivity contribution in [3.63, 3.8) is 0 Å². The molecule has 0 radical (unpaired) electrons. The van der Waals surface area contributed by atoms with E-state index in [9.17, 15) is 5.11 Å². The average Bonchev–Trinajstić information content (AvgIpc) is 2.46. The van der Waals surface area contributed by atoms with Gasteiger partial charge in [0, 0.05) is 12.5 Å². The van der Waals surface area contributed by atoms with Gasteiger partial charge in [-0.25, -0.2) is 4.68 Å². The molecule has 0 bridgehead atoms. The third-order valence-electron chi connectivity index (χ3n) is 2.50. The maximum absolute atomic E-state index is 9.51. The predicted molar refractivity (Wildman–Crippen MR) is 48.4 cm³/mol. The van der Waals surface area contributed by atoms with E-state index < -0.39 is 0 Å². The summed E-state index contributed by atoms with van der Waals surface area (Å²) in [4.78, 5) is 0. The molecule has 1 aromatic rings. The molecule has 1 aliphatic rings. The summed E-state index contributed by atoms with van der Waals surface area (Å²) in [5, 5.41) is 17.7. The first-order chi connectivity index (χ1) is 6.18. The van der Waals surface area contributed by atoms with Gasteiger partial charge in [0.15, 0.2) is 0 Å². The minimum absolute atomic E-state index is 0.205. The van der Waals surface area contributed by atoms with Gasteiger partial charge in [-0.15, -0.1) is 5.10 Å². The topological polar surface area (TPSA) is 50.9 Å². The molecule has 4 nitrogen and oxygen atoms in total. The maximum Gasteiger partial charge on any atom is 0.0861 e. The molecular formula is C9H15N3O. The van der Waals surface area contributed by atoms with Crippen molar-refractivity contribution < 1.29 is 5.11 Å². The number of fused-ring (bicyclic) bond motifs is 1. The Kier molecular flexibility index (Phi) is 2.07. The fraction of sp³-hybridized carbons (Fsp3) is 0.778. The van der Waals surface area contributed by atoms with E-state index in [4.69, 9.17) is 0 Å². The largest absolute Gasteiger partial charge is 0.393 e. The number of rotatable bonds is 1. The minimum atomic E-state index is -0.205. The van der Waals surface area contributed by atoms with E-state index in [1.807, 2.05) is 4.68 Å². The van der Waals surface area contributed by atoms with Crippen molar-refractivity contribution in [2.75, 3.05) is 0 Å². The molecule has 0 fully saturated rings. The lowest BCUT2D eigenvalue weighted by molar-refractivity contribution is 0.154. The van der Waals surface area contributed by atoms with Crippen LogP contribution in [0, 0.1) is 0 Å². The van der Waals surface area contributed by atoms with Crippen molar-refractivity contribution in [3.05, 3.63) is 11.4 Å². The highest BCUT2D eigenvalue weighted by atomic mass is 16.3. The van der Waals surface area contributed by atoms with Gasteiger partial charge in [-0.1, -0.05) is 5.21 Å². The monoisotopic (exact) mass is 181 g/mol. The number of hydrogen-bond acceptors (Lipinski definition) is 3. The number of aromatic nitrogens is 3. The second-order valence-electron chi connectivity index (χ2n) is 3.92. The second-order valence-corrected chi connectivity index (χ2v) is 3.92. The van der Waals surface area contributed by atoms with E-state index in [0.29, 0.717) is 12.5 Å². The molecule has 13 heavy (non-hydrogen) atoms. The average molecular weight is 181 g/mol. The fourth-order valence-electron chi connectivity index (χ4n) is 1.80. The highest BCUT2D eigenvalue weighted by Crippen LogP contribution is 2.21. The van der Waals surface area contributed by atoms with Crippen molar-refractivity contribution in [1.82, 2.24) is 15.0 Å². The molecule has 1 heterocycles. The van der Waals surface area contributed by atoms with Gasteiger partial charge in [0.05, 0.1) is 17.5 Å². The lowest BCUT2D eigenvalue weighted by Crippen LogP contribution is -2.21. The van der Waals surface area contributed by atoms with Gasteiger partial charge in [-0.05, 0) is 26.7 Å². The zero-order valence-electron chi connectivity index (χ0n) is 8.06. The quantitative estimate of drug-likeness (QED) is 0.694. The van der Waals surface area contributed by atoms with Crippen LogP contribution in [0.4, 0.5) is 0 Å². The van der Waals surface area contributed by atoms with E-state index in [2.05, 4.69) is 24.2 Å². The standard InChI is InChI=1S/C9H15N3O/c1-6(2)12-9-5-7(13)3-4-8(9)10-11-12/h6-7,13H,3-5H2,1-2H3. The Bertz CT molecular complexity index is 306. The molecule has 1 aromatic heterocycles. The second kappa shape index (κ2) is 3.10. The van der Waals surface area contributed by atoms with E-state index in [1.165, 1.54) is 0 Å². The van der Waals surface area contributed by atoms with Gasteiger partial charge in [0.2, 0.25) is 0 Å². The first kappa shape index (κ1) is 8.69. The summed E-state index contributed by atoms with van der Waals surface area (Å²) in [5.41, 5.74) is 2.19. The Balaban J connectivity index is 2.35. The number of aliphatic hydroxyl groups excluding tert-OH is 1. The van der Waals surface area contributed by atoms with Crippen LogP contribution >= 0.6 is 0 Å². The van der Waals surface area contributed by atoms with Gasteiger partial charge in [0.25, 0.3) is 0 Å². The Labute approximate surface area is 77.6 Å². The van der Waals surface area contributed by atoms with Crippen LogP contribution in [-0.2, 0) is 12.8 Å². The summed E-state index contributed by atoms with van der Waals surface area (Å²) in [6.45, 7) is 4.16. The summed E-state index contributed by atoms with van der Waals surface area (Å²) in [6.07, 6.45) is 2.19. The molecule has 1 N–H and O–H groups in total. The van der Waals surface area contributed by atoms with Crippen LogP contribution in [0.15, 0.2) is 0 Å². The first-order valence-electron chi connectivity index (χ1n) is 4.79. The predicted octanol–water partition coefficient (Wildman–Crippen LogP) is 0.709. The van der Waals surface area contributed by atoms with Crippen molar-refractivity contribution in [3.8, 4) is 0 Å². The van der Waals surface area contributed by atoms with Crippen LogP contribution in [0.5, 0.6) is 0 Å². The van der Waals surface area contributed by atoms with E-state index in [-0.39, 0.29) is 6.10 Å². The van der Waals surface area contributed by atoms with Crippen LogP contribution in [0.25, 0.3) is 0 Å². The maximum atomic E-state index is 9.51. The minimum Gasteiger partial charge on any atom is -0.393 e. The smallest absolute Gasteiger partial charge is 0.0861 e. The van der Waals surface area contributed by atoms with Crippen molar-refractivity contribution in [2.24, 2.45) is 0 Å². The highest BCUT2D eigenvalue weighted by molar-refractivity contribution is 5.15. The lowest BCUT2D eigenvalue weighted by atomic mass is 9.98. The molecule has 0 aliphatic heterocycles. The Hall–Kier alpha value is -0.900. The van der Waals surface area contributed by atoms with E-state index in [1.54, 1.807) is 0 Å². The zero-order chi connectivity index (χ0) is 9.42. The molecule has 72 valence electrons. The van der Waals surface area contributed by atoms with Crippen LogP contribution in [0.3, 0.4) is 0 Å². The highest BCUT2D eigenvalue weighted by Gasteiger charge is 2.23. The van der Waals surface area contributed by atoms with Crippen LogP contribution < -0.4 is 0 Å². The van der Waals surface area contributed by atoms with Crippen molar-refractivity contribution in [1.29, 1.82) is 0 Å². The molecule has 2 rings (SSSR count). The third-order valence-corrected chi connectivity index (χ3v) is 2.50. The van der Waals surface area contributed by atoms with Gasteiger partial charge < -0.3 is 5.11 Å². The summed E-state index contributed by atoms with van der Waals surface area (Å²) in [7, 11) is 0. The van der Waals surface area contributed by atoms with Crippen LogP contribution in [-0.4, -0.2) is 26.2 Å². The summed E-state index contributed by atoms with van der Waals surface area (Å²) in [6, 6.07) is 0.335. The summed E-state index contributed by atoms with van der Waals surface area (Å²) >= 11 is 0. The van der Waals surface area contributed by atoms with E-state index >= 15 is 0 Å². The van der Waals surface area contributed by atoms with Gasteiger partial charge in [-0.2, -0.15) is 0 Å². The van der Waals surface area contributed by atoms with Crippen molar-refractivity contribution >= 4 is 0 Å². The van der Waals surface area contributed by atoms with Crippen LogP contribution in [0.2, 0.25) is 0 Å². The third kappa shape index (κ3) is 1.46. The Morgan fingerprint density at radius 1 is 1.54 bits per heavy atom. The SMILES string of the molecule is CC(C)n1nnc2c1CC(O)CC2. The molecule has 0 amide bonds. The molecule has 0 saturated heterocycles. The Morgan fingerprint density at radius 2 is 2.31 bits per heavy atom. The summed E-state index contributed by atoms with van der Waals surface area (Å²) in [5.74, 6) is 0. The first-order valence-corrected chi connectivity index (χ1v) is 4.79. The molecule has 1 atom stereocenters. The normalized spacial score (nSPS) is 22.0. The fourth-order valence-corrected chi connectivity index (χ4v) is 1.80. The number of aryl methyl sites for hydroxylation is 1. The number of hydrogen-bond donors (Lipinski definition) is 1. The Morgan fingerprint density at radius 3 is 3.00 bits per heavy atom. The van der Waals surface area contributed by atoms with Gasteiger partial charge >= 0.3 is 0 Å². The molecule has 0 spiro atoms. The van der Waals surface area contributed by atoms with E-state index in [0.717, 1.165) is 24.2 Å². The zero-order valence-corrected chi connectivity index (χ0v) is 8.06. The molecule has 0 saturated carbocycles. The number of nitrogens with zero attached hydrogens (tertiary/aromatic N) is 3.